The van der Waals surface area contributed by atoms with Crippen LogP contribution in [0.5, 0.6) is 5.88 Å². The number of aromatic nitrogens is 2. The summed E-state index contributed by atoms with van der Waals surface area (Å²) in [6.45, 7) is 5.97. The molecule has 1 rings (SSSR count). The van der Waals surface area contributed by atoms with Crippen LogP contribution in [0, 0.1) is 6.92 Å². The number of hydrogen-bond donors (Lipinski definition) is 1. The second-order valence-corrected chi connectivity index (χ2v) is 3.74. The molecule has 0 saturated carbocycles. The highest BCUT2D eigenvalue weighted by atomic mass is 16.5. The summed E-state index contributed by atoms with van der Waals surface area (Å²) in [5.74, 6) is 0.587. The van der Waals surface area contributed by atoms with Crippen molar-refractivity contribution >= 4 is 0 Å². The van der Waals surface area contributed by atoms with Crippen LogP contribution < -0.4 is 10.1 Å². The molecular formula is C10H17N3O. The lowest BCUT2D eigenvalue weighted by atomic mass is 10.0. The van der Waals surface area contributed by atoms with Crippen LogP contribution in [0.1, 0.15) is 25.2 Å². The number of rotatable bonds is 3. The third-order valence-corrected chi connectivity index (χ3v) is 2.27. The fourth-order valence-electron chi connectivity index (χ4n) is 1.14. The predicted molar refractivity (Wildman–Crippen MR) is 55.4 cm³/mol. The van der Waals surface area contributed by atoms with Gasteiger partial charge in [0.15, 0.2) is 0 Å². The zero-order valence-electron chi connectivity index (χ0n) is 9.38. The minimum Gasteiger partial charge on any atom is -0.480 e. The van der Waals surface area contributed by atoms with Gasteiger partial charge in [-0.15, -0.1) is 0 Å². The average Bonchev–Trinajstić information content (AvgIpc) is 2.17. The highest BCUT2D eigenvalue weighted by Gasteiger charge is 2.24. The van der Waals surface area contributed by atoms with Gasteiger partial charge in [-0.1, -0.05) is 0 Å². The van der Waals surface area contributed by atoms with Crippen LogP contribution in [0.3, 0.4) is 0 Å². The number of nitrogens with one attached hydrogen (secondary N) is 1. The molecule has 0 unspecified atom stereocenters. The van der Waals surface area contributed by atoms with E-state index in [-0.39, 0.29) is 5.54 Å². The Bertz CT molecular complexity index is 323. The second-order valence-electron chi connectivity index (χ2n) is 3.74. The third kappa shape index (κ3) is 2.01. The van der Waals surface area contributed by atoms with Gasteiger partial charge < -0.3 is 10.1 Å². The lowest BCUT2D eigenvalue weighted by molar-refractivity contribution is 0.351. The zero-order chi connectivity index (χ0) is 10.8. The van der Waals surface area contributed by atoms with Crippen LogP contribution in [-0.4, -0.2) is 24.1 Å². The van der Waals surface area contributed by atoms with Gasteiger partial charge in [-0.2, -0.15) is 0 Å². The van der Waals surface area contributed by atoms with Gasteiger partial charge in [0, 0.05) is 6.20 Å². The Labute approximate surface area is 84.7 Å². The van der Waals surface area contributed by atoms with Crippen molar-refractivity contribution in [2.45, 2.75) is 26.3 Å². The number of nitrogens with zero attached hydrogens (tertiary/aromatic N) is 2. The molecule has 4 nitrogen and oxygen atoms in total. The quantitative estimate of drug-likeness (QED) is 0.788. The first-order valence-electron chi connectivity index (χ1n) is 4.58. The zero-order valence-corrected chi connectivity index (χ0v) is 9.38. The molecule has 4 heteroatoms. The average molecular weight is 195 g/mol. The highest BCUT2D eigenvalue weighted by Crippen LogP contribution is 2.25. The summed E-state index contributed by atoms with van der Waals surface area (Å²) in [5, 5.41) is 3.17. The van der Waals surface area contributed by atoms with Crippen LogP contribution in [-0.2, 0) is 5.54 Å². The van der Waals surface area contributed by atoms with Gasteiger partial charge in [0.1, 0.15) is 5.69 Å². The minimum absolute atomic E-state index is 0.230. The van der Waals surface area contributed by atoms with E-state index in [0.29, 0.717) is 5.88 Å². The first-order chi connectivity index (χ1) is 6.51. The van der Waals surface area contributed by atoms with Crippen LogP contribution in [0.15, 0.2) is 6.20 Å². The Morgan fingerprint density at radius 2 is 2.07 bits per heavy atom. The van der Waals surface area contributed by atoms with E-state index in [2.05, 4.69) is 15.3 Å². The lowest BCUT2D eigenvalue weighted by Crippen LogP contribution is -2.34. The summed E-state index contributed by atoms with van der Waals surface area (Å²) >= 11 is 0. The van der Waals surface area contributed by atoms with E-state index < -0.39 is 0 Å². The van der Waals surface area contributed by atoms with Gasteiger partial charge in [-0.05, 0) is 27.8 Å². The molecule has 0 spiro atoms. The van der Waals surface area contributed by atoms with Crippen LogP contribution >= 0.6 is 0 Å². The molecule has 0 aliphatic carbocycles. The van der Waals surface area contributed by atoms with Gasteiger partial charge in [-0.3, -0.25) is 4.98 Å². The first-order valence-corrected chi connectivity index (χ1v) is 4.58. The fourth-order valence-corrected chi connectivity index (χ4v) is 1.14. The summed E-state index contributed by atoms with van der Waals surface area (Å²) < 4.78 is 5.20. The van der Waals surface area contributed by atoms with Gasteiger partial charge >= 0.3 is 0 Å². The molecule has 0 radical (unpaired) electrons. The summed E-state index contributed by atoms with van der Waals surface area (Å²) in [6, 6.07) is 0. The normalized spacial score (nSPS) is 11.5. The van der Waals surface area contributed by atoms with E-state index in [1.807, 2.05) is 27.8 Å². The molecule has 1 N–H and O–H groups in total. The predicted octanol–water partition coefficient (Wildman–Crippen LogP) is 1.25. The molecule has 1 aromatic rings. The van der Waals surface area contributed by atoms with Gasteiger partial charge in [-0.25, -0.2) is 4.98 Å². The molecule has 1 heterocycles. The minimum atomic E-state index is -0.230. The number of aryl methyl sites for hydroxylation is 1. The molecule has 0 aliphatic heterocycles. The van der Waals surface area contributed by atoms with Gasteiger partial charge in [0.05, 0.1) is 18.3 Å². The van der Waals surface area contributed by atoms with Crippen LogP contribution in [0.2, 0.25) is 0 Å². The second kappa shape index (κ2) is 3.92. The van der Waals surface area contributed by atoms with Crippen molar-refractivity contribution in [2.75, 3.05) is 14.2 Å². The monoisotopic (exact) mass is 195 g/mol. The Morgan fingerprint density at radius 3 is 2.57 bits per heavy atom. The molecular weight excluding hydrogens is 178 g/mol. The van der Waals surface area contributed by atoms with Crippen LogP contribution in [0.25, 0.3) is 0 Å². The summed E-state index contributed by atoms with van der Waals surface area (Å²) in [4.78, 5) is 8.62. The molecule has 0 amide bonds. The van der Waals surface area contributed by atoms with Crippen molar-refractivity contribution in [1.29, 1.82) is 0 Å². The summed E-state index contributed by atoms with van der Waals surface area (Å²) in [6.07, 6.45) is 1.75. The molecule has 0 aliphatic rings. The smallest absolute Gasteiger partial charge is 0.237 e. The maximum atomic E-state index is 5.20. The maximum absolute atomic E-state index is 5.20. The van der Waals surface area contributed by atoms with E-state index in [0.717, 1.165) is 11.4 Å². The van der Waals surface area contributed by atoms with E-state index in [1.165, 1.54) is 0 Å². The Kier molecular flexibility index (Phi) is 3.06. The molecule has 14 heavy (non-hydrogen) atoms. The topological polar surface area (TPSA) is 47.0 Å². The molecule has 0 bridgehead atoms. The standard InChI is InChI=1S/C10H17N3O/c1-7-6-12-8(9(13-7)14-5)10(2,3)11-4/h6,11H,1-5H3. The van der Waals surface area contributed by atoms with Crippen molar-refractivity contribution < 1.29 is 4.74 Å². The Balaban J connectivity index is 3.20. The van der Waals surface area contributed by atoms with Gasteiger partial charge in [0.25, 0.3) is 0 Å². The van der Waals surface area contributed by atoms with Crippen molar-refractivity contribution in [1.82, 2.24) is 15.3 Å². The van der Waals surface area contributed by atoms with E-state index >= 15 is 0 Å². The van der Waals surface area contributed by atoms with Crippen LogP contribution in [0.4, 0.5) is 0 Å². The van der Waals surface area contributed by atoms with Crippen molar-refractivity contribution in [2.24, 2.45) is 0 Å². The SMILES string of the molecule is CNC(C)(C)c1ncc(C)nc1OC. The van der Waals surface area contributed by atoms with E-state index in [1.54, 1.807) is 13.3 Å². The molecule has 0 atom stereocenters. The van der Waals surface area contributed by atoms with Crippen molar-refractivity contribution in [3.63, 3.8) is 0 Å². The van der Waals surface area contributed by atoms with E-state index in [9.17, 15) is 0 Å². The number of methoxy groups -OCH3 is 1. The van der Waals surface area contributed by atoms with Crippen molar-refractivity contribution in [3.8, 4) is 5.88 Å². The fraction of sp³-hybridized carbons (Fsp3) is 0.600. The van der Waals surface area contributed by atoms with Crippen molar-refractivity contribution in [3.05, 3.63) is 17.6 Å². The molecule has 1 aromatic heterocycles. The summed E-state index contributed by atoms with van der Waals surface area (Å²) in [5.41, 5.74) is 1.46. The van der Waals surface area contributed by atoms with E-state index in [4.69, 9.17) is 4.74 Å². The largest absolute Gasteiger partial charge is 0.480 e. The Morgan fingerprint density at radius 1 is 1.43 bits per heavy atom. The molecule has 0 saturated heterocycles. The Hall–Kier alpha value is -1.16. The first kappa shape index (κ1) is 10.9. The number of ether oxygens (including phenoxy) is 1. The third-order valence-electron chi connectivity index (χ3n) is 2.27. The highest BCUT2D eigenvalue weighted by molar-refractivity contribution is 5.26. The molecule has 78 valence electrons. The summed E-state index contributed by atoms with van der Waals surface area (Å²) in [7, 11) is 3.50. The van der Waals surface area contributed by atoms with Gasteiger partial charge in [0.2, 0.25) is 5.88 Å². The maximum Gasteiger partial charge on any atom is 0.237 e. The lowest BCUT2D eigenvalue weighted by Gasteiger charge is -2.24. The number of hydrogen-bond acceptors (Lipinski definition) is 4. The molecule has 0 fully saturated rings. The molecule has 0 aromatic carbocycles.